The van der Waals surface area contributed by atoms with E-state index in [2.05, 4.69) is 30.5 Å². The molecule has 4 rings (SSSR count). The van der Waals surface area contributed by atoms with Gasteiger partial charge in [0.05, 0.1) is 22.3 Å². The molecule has 2 aliphatic heterocycles. The van der Waals surface area contributed by atoms with Crippen LogP contribution in [0.15, 0.2) is 18.7 Å². The van der Waals surface area contributed by atoms with Gasteiger partial charge in [0.15, 0.2) is 11.6 Å². The molecule has 0 atom stereocenters. The molecule has 0 radical (unpaired) electrons. The summed E-state index contributed by atoms with van der Waals surface area (Å²) >= 11 is 12.5. The Kier molecular flexibility index (Phi) is 5.28. The number of hydrogen-bond donors (Lipinski definition) is 2. The Hall–Kier alpha value is -1.83. The molecule has 0 bridgehead atoms. The zero-order valence-electron chi connectivity index (χ0n) is 14.2. The summed E-state index contributed by atoms with van der Waals surface area (Å²) in [7, 11) is 0. The maximum absolute atomic E-state index is 6.23. The van der Waals surface area contributed by atoms with Gasteiger partial charge in [-0.1, -0.05) is 23.2 Å². The highest BCUT2D eigenvalue weighted by atomic mass is 35.5. The summed E-state index contributed by atoms with van der Waals surface area (Å²) in [6.45, 7) is 3.59. The summed E-state index contributed by atoms with van der Waals surface area (Å²) in [5, 5.41) is 7.46. The average molecular weight is 395 g/mol. The van der Waals surface area contributed by atoms with Crippen molar-refractivity contribution in [2.75, 3.05) is 36.5 Å². The summed E-state index contributed by atoms with van der Waals surface area (Å²) in [6.07, 6.45) is 7.75. The summed E-state index contributed by atoms with van der Waals surface area (Å²) in [4.78, 5) is 15.2. The van der Waals surface area contributed by atoms with Gasteiger partial charge in [0.1, 0.15) is 6.33 Å². The van der Waals surface area contributed by atoms with Crippen molar-refractivity contribution in [1.82, 2.24) is 20.3 Å². The summed E-state index contributed by atoms with van der Waals surface area (Å²) < 4.78 is 6.01. The summed E-state index contributed by atoms with van der Waals surface area (Å²) in [5.74, 6) is 2.03. The summed E-state index contributed by atoms with van der Waals surface area (Å²) in [6, 6.07) is 0.451. The van der Waals surface area contributed by atoms with Gasteiger partial charge < -0.3 is 20.3 Å². The van der Waals surface area contributed by atoms with Crippen molar-refractivity contribution < 1.29 is 4.74 Å². The number of nitrogens with one attached hydrogen (secondary N) is 2. The van der Waals surface area contributed by atoms with E-state index in [-0.39, 0.29) is 0 Å². The third-order valence-corrected chi connectivity index (χ3v) is 5.27. The number of halogens is 2. The Balaban J connectivity index is 1.70. The predicted molar refractivity (Wildman–Crippen MR) is 103 cm³/mol. The normalized spacial score (nSPS) is 18.0. The van der Waals surface area contributed by atoms with Crippen LogP contribution in [0.25, 0.3) is 0 Å². The van der Waals surface area contributed by atoms with E-state index in [1.165, 1.54) is 12.4 Å². The molecule has 1 saturated heterocycles. The van der Waals surface area contributed by atoms with E-state index in [1.807, 2.05) is 0 Å². The van der Waals surface area contributed by atoms with Crippen LogP contribution in [0.2, 0.25) is 10.0 Å². The number of pyridine rings is 1. The van der Waals surface area contributed by atoms with Crippen LogP contribution in [0.3, 0.4) is 0 Å². The highest BCUT2D eigenvalue weighted by Gasteiger charge is 2.28. The third kappa shape index (κ3) is 3.51. The molecule has 0 aromatic carbocycles. The third-order valence-electron chi connectivity index (χ3n) is 4.69. The van der Waals surface area contributed by atoms with Crippen LogP contribution in [-0.2, 0) is 0 Å². The monoisotopic (exact) mass is 394 g/mol. The molecule has 1 fully saturated rings. The number of anilines is 3. The number of ether oxygens (including phenoxy) is 1. The SMILES string of the molecule is Clc1cncc(Cl)c1Nc1ncnc2c1OCCCN2C1CCNCC1. The van der Waals surface area contributed by atoms with Crippen LogP contribution < -0.4 is 20.3 Å². The maximum atomic E-state index is 6.23. The molecular formula is C17H20Cl2N6O. The second-order valence-electron chi connectivity index (χ2n) is 6.35. The van der Waals surface area contributed by atoms with Gasteiger partial charge in [-0.15, -0.1) is 0 Å². The zero-order chi connectivity index (χ0) is 17.9. The molecule has 2 aliphatic rings. The molecule has 2 aromatic heterocycles. The van der Waals surface area contributed by atoms with Crippen LogP contribution in [0, 0.1) is 0 Å². The number of nitrogens with zero attached hydrogens (tertiary/aromatic N) is 4. The number of rotatable bonds is 3. The number of fused-ring (bicyclic) bond motifs is 1. The quantitative estimate of drug-likeness (QED) is 0.826. The fourth-order valence-corrected chi connectivity index (χ4v) is 3.89. The fraction of sp³-hybridized carbons (Fsp3) is 0.471. The van der Waals surface area contributed by atoms with Crippen molar-refractivity contribution in [2.24, 2.45) is 0 Å². The molecule has 2 aromatic rings. The Morgan fingerprint density at radius 2 is 1.92 bits per heavy atom. The second-order valence-corrected chi connectivity index (χ2v) is 7.17. The predicted octanol–water partition coefficient (Wildman–Crippen LogP) is 3.26. The first-order chi connectivity index (χ1) is 12.7. The van der Waals surface area contributed by atoms with Crippen molar-refractivity contribution in [3.05, 3.63) is 28.8 Å². The molecule has 0 saturated carbocycles. The second kappa shape index (κ2) is 7.82. The standard InChI is InChI=1S/C17H20Cl2N6O/c18-12-8-21-9-13(19)14(12)24-16-15-17(23-10-22-16)25(6-1-7-26-15)11-2-4-20-5-3-11/h8-11,20H,1-7H2,(H,21,22,23,24). The number of aromatic nitrogens is 3. The van der Waals surface area contributed by atoms with Gasteiger partial charge in [-0.2, -0.15) is 0 Å². The van der Waals surface area contributed by atoms with Crippen LogP contribution in [0.1, 0.15) is 19.3 Å². The first-order valence-electron chi connectivity index (χ1n) is 8.75. The molecule has 0 amide bonds. The molecule has 7 nitrogen and oxygen atoms in total. The Bertz CT molecular complexity index is 764. The van der Waals surface area contributed by atoms with E-state index >= 15 is 0 Å². The molecule has 0 unspecified atom stereocenters. The maximum Gasteiger partial charge on any atom is 0.204 e. The van der Waals surface area contributed by atoms with Crippen LogP contribution in [0.4, 0.5) is 17.3 Å². The molecule has 0 aliphatic carbocycles. The minimum Gasteiger partial charge on any atom is -0.486 e. The van der Waals surface area contributed by atoms with Crippen molar-refractivity contribution >= 4 is 40.5 Å². The molecular weight excluding hydrogens is 375 g/mol. The lowest BCUT2D eigenvalue weighted by atomic mass is 10.0. The van der Waals surface area contributed by atoms with Gasteiger partial charge in [-0.25, -0.2) is 9.97 Å². The van der Waals surface area contributed by atoms with Crippen LogP contribution in [0.5, 0.6) is 5.75 Å². The highest BCUT2D eigenvalue weighted by Crippen LogP contribution is 2.40. The van der Waals surface area contributed by atoms with E-state index in [9.17, 15) is 0 Å². The molecule has 0 spiro atoms. The Morgan fingerprint density at radius 3 is 2.69 bits per heavy atom. The van der Waals surface area contributed by atoms with Crippen LogP contribution in [-0.4, -0.2) is 47.2 Å². The van der Waals surface area contributed by atoms with Gasteiger partial charge in [-0.05, 0) is 32.4 Å². The van der Waals surface area contributed by atoms with Gasteiger partial charge in [0.25, 0.3) is 0 Å². The average Bonchev–Trinajstić information content (AvgIpc) is 2.89. The number of piperidine rings is 1. The first-order valence-corrected chi connectivity index (χ1v) is 9.51. The number of hydrogen-bond acceptors (Lipinski definition) is 7. The highest BCUT2D eigenvalue weighted by molar-refractivity contribution is 6.39. The lowest BCUT2D eigenvalue weighted by Crippen LogP contribution is -2.44. The van der Waals surface area contributed by atoms with Crippen molar-refractivity contribution in [3.8, 4) is 5.75 Å². The molecule has 138 valence electrons. The molecule has 26 heavy (non-hydrogen) atoms. The molecule has 4 heterocycles. The van der Waals surface area contributed by atoms with Crippen molar-refractivity contribution in [1.29, 1.82) is 0 Å². The summed E-state index contributed by atoms with van der Waals surface area (Å²) in [5.41, 5.74) is 0.561. The topological polar surface area (TPSA) is 75.2 Å². The fourth-order valence-electron chi connectivity index (χ4n) is 3.43. The van der Waals surface area contributed by atoms with Gasteiger partial charge >= 0.3 is 0 Å². The van der Waals surface area contributed by atoms with E-state index in [4.69, 9.17) is 27.9 Å². The van der Waals surface area contributed by atoms with E-state index in [1.54, 1.807) is 6.33 Å². The van der Waals surface area contributed by atoms with Gasteiger partial charge in [0, 0.05) is 25.0 Å². The largest absolute Gasteiger partial charge is 0.486 e. The minimum atomic E-state index is 0.425. The van der Waals surface area contributed by atoms with Crippen molar-refractivity contribution in [2.45, 2.75) is 25.3 Å². The van der Waals surface area contributed by atoms with E-state index in [0.29, 0.717) is 39.9 Å². The zero-order valence-corrected chi connectivity index (χ0v) is 15.7. The smallest absolute Gasteiger partial charge is 0.204 e. The van der Waals surface area contributed by atoms with Gasteiger partial charge in [0.2, 0.25) is 5.75 Å². The Morgan fingerprint density at radius 1 is 1.15 bits per heavy atom. The lowest BCUT2D eigenvalue weighted by molar-refractivity contribution is 0.321. The first kappa shape index (κ1) is 17.6. The van der Waals surface area contributed by atoms with E-state index in [0.717, 1.165) is 44.7 Å². The van der Waals surface area contributed by atoms with Gasteiger partial charge in [-0.3, -0.25) is 4.98 Å². The minimum absolute atomic E-state index is 0.425. The van der Waals surface area contributed by atoms with Crippen LogP contribution >= 0.6 is 23.2 Å². The molecule has 9 heteroatoms. The van der Waals surface area contributed by atoms with Crippen molar-refractivity contribution in [3.63, 3.8) is 0 Å². The lowest BCUT2D eigenvalue weighted by Gasteiger charge is -2.35. The van der Waals surface area contributed by atoms with E-state index < -0.39 is 0 Å². The molecule has 2 N–H and O–H groups in total. The Labute approximate surface area is 162 Å².